The molecule has 8 nitrogen and oxygen atoms in total. The van der Waals surface area contributed by atoms with Crippen molar-refractivity contribution in [3.8, 4) is 34.5 Å². The maximum absolute atomic E-state index is 12.0. The zero-order valence-electron chi connectivity index (χ0n) is 23.5. The molecule has 2 fully saturated rings. The first-order valence-corrected chi connectivity index (χ1v) is 14.0. The second kappa shape index (κ2) is 11.1. The minimum atomic E-state index is 0.0251. The molecule has 0 radical (unpaired) electrons. The first kappa shape index (κ1) is 26.6. The SMILES string of the molecule is C=CC(=O)N1CC[C@@H](N2CC(C#Cc3c(-c4ccc(Oc5ccccc5)cc4)c4c(N)ncnc4n3C)C2)[C@H](C)C1. The Morgan fingerprint density at radius 3 is 2.51 bits per heavy atom. The zero-order chi connectivity index (χ0) is 28.5. The monoisotopic (exact) mass is 546 g/mol. The molecule has 2 aromatic carbocycles. The first-order chi connectivity index (χ1) is 19.9. The molecule has 2 aromatic heterocycles. The lowest BCUT2D eigenvalue weighted by Crippen LogP contribution is -2.58. The Kier molecular flexibility index (Phi) is 7.21. The van der Waals surface area contributed by atoms with Crippen LogP contribution in [0.5, 0.6) is 11.5 Å². The number of carbonyl (C=O) groups is 1. The number of nitrogens with zero attached hydrogens (tertiary/aromatic N) is 5. The number of benzene rings is 2. The van der Waals surface area contributed by atoms with E-state index in [1.54, 1.807) is 0 Å². The molecular formula is C33H34N6O2. The van der Waals surface area contributed by atoms with Crippen LogP contribution in [0.3, 0.4) is 0 Å². The first-order valence-electron chi connectivity index (χ1n) is 14.0. The second-order valence-electron chi connectivity index (χ2n) is 10.9. The summed E-state index contributed by atoms with van der Waals surface area (Å²) in [6.07, 6.45) is 3.89. The summed E-state index contributed by atoms with van der Waals surface area (Å²) in [7, 11) is 1.97. The number of nitrogen functional groups attached to an aromatic ring is 1. The van der Waals surface area contributed by atoms with E-state index in [9.17, 15) is 4.79 Å². The maximum atomic E-state index is 12.0. The van der Waals surface area contributed by atoms with E-state index in [0.717, 1.165) is 72.0 Å². The van der Waals surface area contributed by atoms with Gasteiger partial charge in [0.1, 0.15) is 35.0 Å². The zero-order valence-corrected chi connectivity index (χ0v) is 23.5. The van der Waals surface area contributed by atoms with Crippen LogP contribution in [-0.4, -0.2) is 62.5 Å². The summed E-state index contributed by atoms with van der Waals surface area (Å²) in [6.45, 7) is 9.29. The average Bonchev–Trinajstić information content (AvgIpc) is 3.25. The standard InChI is InChI=1S/C33H34N6O2/c1-4-29(40)38-17-16-27(22(2)18-38)39-19-23(20-39)10-15-28-30(31-32(34)35-21-36-33(31)37(28)3)24-11-13-26(14-12-24)41-25-8-6-5-7-9-25/h4-9,11-14,21-23,27H,1,16-20H2,2-3H3,(H2,34,35,36)/t22-,27-/m1/s1. The van der Waals surface area contributed by atoms with Crippen molar-refractivity contribution in [2.24, 2.45) is 18.9 Å². The van der Waals surface area contributed by atoms with E-state index in [-0.39, 0.29) is 11.8 Å². The van der Waals surface area contributed by atoms with Gasteiger partial charge in [0.25, 0.3) is 0 Å². The summed E-state index contributed by atoms with van der Waals surface area (Å²) >= 11 is 0. The van der Waals surface area contributed by atoms with Gasteiger partial charge in [-0.3, -0.25) is 9.69 Å². The molecule has 1 amide bonds. The summed E-state index contributed by atoms with van der Waals surface area (Å²) < 4.78 is 8.01. The number of piperidine rings is 1. The molecule has 2 aliphatic rings. The molecule has 0 aliphatic carbocycles. The molecule has 2 saturated heterocycles. The molecule has 4 heterocycles. The van der Waals surface area contributed by atoms with Gasteiger partial charge in [-0.05, 0) is 54.2 Å². The third kappa shape index (κ3) is 5.17. The van der Waals surface area contributed by atoms with Crippen LogP contribution in [0.25, 0.3) is 22.2 Å². The molecule has 4 aromatic rings. The summed E-state index contributed by atoms with van der Waals surface area (Å²) in [5.41, 5.74) is 9.91. The van der Waals surface area contributed by atoms with E-state index in [4.69, 9.17) is 10.5 Å². The molecule has 8 heteroatoms. The van der Waals surface area contributed by atoms with Gasteiger partial charge in [0.15, 0.2) is 0 Å². The number of ether oxygens (including phenoxy) is 1. The number of aryl methyl sites for hydroxylation is 1. The smallest absolute Gasteiger partial charge is 0.245 e. The molecule has 2 atom stereocenters. The van der Waals surface area contributed by atoms with Crippen molar-refractivity contribution in [1.82, 2.24) is 24.3 Å². The predicted molar refractivity (Wildman–Crippen MR) is 161 cm³/mol. The van der Waals surface area contributed by atoms with Crippen molar-refractivity contribution in [3.63, 3.8) is 0 Å². The fourth-order valence-electron chi connectivity index (χ4n) is 6.07. The third-order valence-electron chi connectivity index (χ3n) is 8.24. The van der Waals surface area contributed by atoms with Gasteiger partial charge >= 0.3 is 0 Å². The van der Waals surface area contributed by atoms with Gasteiger partial charge in [0.2, 0.25) is 5.91 Å². The highest BCUT2D eigenvalue weighted by Gasteiger charge is 2.37. The van der Waals surface area contributed by atoms with Crippen LogP contribution < -0.4 is 10.5 Å². The van der Waals surface area contributed by atoms with Crippen LogP contribution in [0.15, 0.2) is 73.6 Å². The normalized spacial score (nSPS) is 19.3. The number of nitrogens with two attached hydrogens (primary N) is 1. The fourth-order valence-corrected chi connectivity index (χ4v) is 6.07. The number of fused-ring (bicyclic) bond motifs is 1. The number of rotatable bonds is 5. The lowest BCUT2D eigenvalue weighted by atomic mass is 9.87. The lowest BCUT2D eigenvalue weighted by molar-refractivity contribution is -0.129. The van der Waals surface area contributed by atoms with E-state index in [0.29, 0.717) is 17.8 Å². The van der Waals surface area contributed by atoms with E-state index in [2.05, 4.69) is 40.2 Å². The molecule has 2 N–H and O–H groups in total. The van der Waals surface area contributed by atoms with Crippen LogP contribution in [0.1, 0.15) is 19.0 Å². The molecule has 0 bridgehead atoms. The number of carbonyl (C=O) groups excluding carboxylic acids is 1. The average molecular weight is 547 g/mol. The highest BCUT2D eigenvalue weighted by Crippen LogP contribution is 2.37. The number of hydrogen-bond donors (Lipinski definition) is 1. The van der Waals surface area contributed by atoms with Crippen molar-refractivity contribution >= 4 is 22.8 Å². The minimum absolute atomic E-state index is 0.0251. The molecular weight excluding hydrogens is 512 g/mol. The summed E-state index contributed by atoms with van der Waals surface area (Å²) in [6, 6.07) is 18.2. The topological polar surface area (TPSA) is 89.5 Å². The number of amides is 1. The van der Waals surface area contributed by atoms with Gasteiger partial charge in [-0.25, -0.2) is 9.97 Å². The number of likely N-dealkylation sites (tertiary alicyclic amines) is 2. The van der Waals surface area contributed by atoms with E-state index in [1.165, 1.54) is 12.4 Å². The van der Waals surface area contributed by atoms with Crippen LogP contribution in [0, 0.1) is 23.7 Å². The predicted octanol–water partition coefficient (Wildman–Crippen LogP) is 4.72. The van der Waals surface area contributed by atoms with Crippen LogP contribution >= 0.6 is 0 Å². The van der Waals surface area contributed by atoms with Gasteiger partial charge in [0.05, 0.1) is 5.39 Å². The van der Waals surface area contributed by atoms with Gasteiger partial charge in [0, 0.05) is 50.7 Å². The summed E-state index contributed by atoms with van der Waals surface area (Å²) in [5, 5.41) is 0.806. The third-order valence-corrected chi connectivity index (χ3v) is 8.24. The van der Waals surface area contributed by atoms with Crippen molar-refractivity contribution in [1.29, 1.82) is 0 Å². The van der Waals surface area contributed by atoms with E-state index < -0.39 is 0 Å². The second-order valence-corrected chi connectivity index (χ2v) is 10.9. The highest BCUT2D eigenvalue weighted by atomic mass is 16.5. The fraction of sp³-hybridized carbons (Fsp3) is 0.303. The molecule has 41 heavy (non-hydrogen) atoms. The van der Waals surface area contributed by atoms with Crippen molar-refractivity contribution in [2.45, 2.75) is 19.4 Å². The Morgan fingerprint density at radius 1 is 1.07 bits per heavy atom. The molecule has 208 valence electrons. The quantitative estimate of drug-likeness (QED) is 0.288. The Bertz CT molecular complexity index is 1640. The Morgan fingerprint density at radius 2 is 1.80 bits per heavy atom. The summed E-state index contributed by atoms with van der Waals surface area (Å²) in [5.74, 6) is 9.71. The van der Waals surface area contributed by atoms with Crippen molar-refractivity contribution in [3.05, 3.63) is 79.3 Å². The number of aromatic nitrogens is 3. The largest absolute Gasteiger partial charge is 0.457 e. The maximum Gasteiger partial charge on any atom is 0.245 e. The molecule has 0 spiro atoms. The van der Waals surface area contributed by atoms with Crippen molar-refractivity contribution < 1.29 is 9.53 Å². The Balaban J connectivity index is 1.23. The van der Waals surface area contributed by atoms with Crippen LogP contribution in [0.4, 0.5) is 5.82 Å². The van der Waals surface area contributed by atoms with Crippen LogP contribution in [0.2, 0.25) is 0 Å². The van der Waals surface area contributed by atoms with Crippen molar-refractivity contribution in [2.75, 3.05) is 31.9 Å². The van der Waals surface area contributed by atoms with E-state index in [1.807, 2.05) is 71.1 Å². The minimum Gasteiger partial charge on any atom is -0.457 e. The molecule has 6 rings (SSSR count). The summed E-state index contributed by atoms with van der Waals surface area (Å²) in [4.78, 5) is 25.3. The molecule has 0 unspecified atom stereocenters. The van der Waals surface area contributed by atoms with Gasteiger partial charge in [-0.15, -0.1) is 0 Å². The number of hydrogen-bond acceptors (Lipinski definition) is 6. The molecule has 0 saturated carbocycles. The lowest BCUT2D eigenvalue weighted by Gasteiger charge is -2.48. The number of anilines is 1. The number of para-hydroxylation sites is 1. The van der Waals surface area contributed by atoms with Gasteiger partial charge < -0.3 is 19.9 Å². The molecule has 2 aliphatic heterocycles. The Hall–Kier alpha value is -4.61. The van der Waals surface area contributed by atoms with Gasteiger partial charge in [-0.2, -0.15) is 0 Å². The van der Waals surface area contributed by atoms with E-state index >= 15 is 0 Å². The van der Waals surface area contributed by atoms with Gasteiger partial charge in [-0.1, -0.05) is 49.8 Å². The highest BCUT2D eigenvalue weighted by molar-refractivity contribution is 6.03. The van der Waals surface area contributed by atoms with Crippen LogP contribution in [-0.2, 0) is 11.8 Å². The Labute approximate surface area is 240 Å².